The lowest BCUT2D eigenvalue weighted by Gasteiger charge is -2.18. The molecule has 0 bridgehead atoms. The van der Waals surface area contributed by atoms with Gasteiger partial charge in [0.25, 0.3) is 0 Å². The standard InChI is InChI=1S/C19H15BrNPS/c20-17-13-11-16(12-14-17)15-21-22(23,18-7-3-1-4-8-18)19-9-5-2-6-10-19/h1-15H/b21-15+. The zero-order valence-corrected chi connectivity index (χ0v) is 15.6. The molecule has 0 aliphatic rings. The third kappa shape index (κ3) is 3.87. The topological polar surface area (TPSA) is 12.4 Å². The van der Waals surface area contributed by atoms with Crippen LogP contribution < -0.4 is 10.6 Å². The quantitative estimate of drug-likeness (QED) is 0.448. The van der Waals surface area contributed by atoms with Crippen LogP contribution in [0, 0.1) is 0 Å². The van der Waals surface area contributed by atoms with E-state index in [4.69, 9.17) is 16.6 Å². The van der Waals surface area contributed by atoms with Crippen molar-refractivity contribution < 1.29 is 0 Å². The summed E-state index contributed by atoms with van der Waals surface area (Å²) in [6.07, 6.45) is -0.314. The highest BCUT2D eigenvalue weighted by Gasteiger charge is 2.20. The monoisotopic (exact) mass is 399 g/mol. The zero-order valence-electron chi connectivity index (χ0n) is 12.3. The molecule has 0 aromatic heterocycles. The van der Waals surface area contributed by atoms with E-state index in [1.807, 2.05) is 66.9 Å². The fourth-order valence-corrected chi connectivity index (χ4v) is 5.39. The Hall–Kier alpha value is -1.54. The minimum absolute atomic E-state index is 1.05. The predicted molar refractivity (Wildman–Crippen MR) is 108 cm³/mol. The molecule has 0 radical (unpaired) electrons. The number of nitrogens with zero attached hydrogens (tertiary/aromatic N) is 1. The van der Waals surface area contributed by atoms with Crippen molar-refractivity contribution in [3.8, 4) is 0 Å². The summed E-state index contributed by atoms with van der Waals surface area (Å²) in [6, 6.07) is 28.5. The molecule has 0 aliphatic heterocycles. The summed E-state index contributed by atoms with van der Waals surface area (Å²) in [6.45, 7) is 0. The zero-order chi connectivity index (χ0) is 16.1. The molecule has 114 valence electrons. The van der Waals surface area contributed by atoms with E-state index in [1.165, 1.54) is 0 Å². The summed E-state index contributed by atoms with van der Waals surface area (Å²) in [5, 5.41) is 2.21. The maximum Gasteiger partial charge on any atom is 0.112 e. The Morgan fingerprint density at radius 3 is 1.70 bits per heavy atom. The van der Waals surface area contributed by atoms with E-state index >= 15 is 0 Å². The maximum absolute atomic E-state index is 6.06. The van der Waals surface area contributed by atoms with Crippen LogP contribution in [0.4, 0.5) is 0 Å². The average Bonchev–Trinajstić information content (AvgIpc) is 2.62. The van der Waals surface area contributed by atoms with Crippen LogP contribution in [0.3, 0.4) is 0 Å². The van der Waals surface area contributed by atoms with Gasteiger partial charge in [0.15, 0.2) is 0 Å². The Morgan fingerprint density at radius 1 is 0.739 bits per heavy atom. The van der Waals surface area contributed by atoms with Crippen LogP contribution in [0.5, 0.6) is 0 Å². The van der Waals surface area contributed by atoms with Crippen LogP contribution in [0.2, 0.25) is 0 Å². The lowest BCUT2D eigenvalue weighted by molar-refractivity contribution is 1.62. The Kier molecular flexibility index (Phi) is 5.22. The van der Waals surface area contributed by atoms with Crippen molar-refractivity contribution in [2.45, 2.75) is 0 Å². The summed E-state index contributed by atoms with van der Waals surface area (Å²) in [7, 11) is 0. The van der Waals surface area contributed by atoms with Gasteiger partial charge in [0.2, 0.25) is 0 Å². The molecular formula is C19H15BrNPS. The van der Waals surface area contributed by atoms with Gasteiger partial charge in [-0.05, 0) is 17.7 Å². The molecule has 0 heterocycles. The second kappa shape index (κ2) is 7.35. The number of hydrogen-bond donors (Lipinski definition) is 0. The SMILES string of the molecule is S=P(/N=C/c1ccc(Br)cc1)(c1ccccc1)c1ccccc1. The van der Waals surface area contributed by atoms with Crippen molar-refractivity contribution in [1.82, 2.24) is 0 Å². The molecule has 3 aromatic carbocycles. The first kappa shape index (κ1) is 16.3. The van der Waals surface area contributed by atoms with E-state index in [2.05, 4.69) is 40.2 Å². The van der Waals surface area contributed by atoms with Crippen LogP contribution in [0.1, 0.15) is 5.56 Å². The van der Waals surface area contributed by atoms with Gasteiger partial charge in [0.05, 0.1) is 0 Å². The Labute approximate surface area is 150 Å². The highest BCUT2D eigenvalue weighted by molar-refractivity contribution is 9.10. The van der Waals surface area contributed by atoms with E-state index in [1.54, 1.807) is 0 Å². The van der Waals surface area contributed by atoms with Crippen LogP contribution in [-0.4, -0.2) is 6.21 Å². The second-order valence-electron chi connectivity index (χ2n) is 5.04. The molecule has 1 nitrogen and oxygen atoms in total. The molecule has 0 aliphatic carbocycles. The molecule has 0 unspecified atom stereocenters. The van der Waals surface area contributed by atoms with Gasteiger partial charge in [0.1, 0.15) is 6.19 Å². The van der Waals surface area contributed by atoms with Crippen molar-refractivity contribution in [2.24, 2.45) is 4.76 Å². The molecule has 23 heavy (non-hydrogen) atoms. The first-order valence-electron chi connectivity index (χ1n) is 7.21. The summed E-state index contributed by atoms with van der Waals surface area (Å²) >= 11 is 9.52. The maximum atomic E-state index is 6.06. The summed E-state index contributed by atoms with van der Waals surface area (Å²) in [4.78, 5) is 0. The summed E-state index contributed by atoms with van der Waals surface area (Å²) < 4.78 is 5.94. The second-order valence-corrected chi connectivity index (χ2v) is 9.96. The Morgan fingerprint density at radius 2 is 1.22 bits per heavy atom. The first-order valence-corrected chi connectivity index (χ1v) is 10.8. The highest BCUT2D eigenvalue weighted by atomic mass is 79.9. The Bertz CT molecular complexity index is 802. The highest BCUT2D eigenvalue weighted by Crippen LogP contribution is 2.45. The molecule has 0 saturated carbocycles. The molecule has 0 spiro atoms. The Balaban J connectivity index is 2.06. The predicted octanol–water partition coefficient (Wildman–Crippen LogP) is 4.91. The third-order valence-corrected chi connectivity index (χ3v) is 7.97. The fraction of sp³-hybridized carbons (Fsp3) is 0. The van der Waals surface area contributed by atoms with E-state index in [9.17, 15) is 0 Å². The van der Waals surface area contributed by atoms with Gasteiger partial charge in [-0.15, -0.1) is 0 Å². The van der Waals surface area contributed by atoms with Gasteiger partial charge >= 0.3 is 0 Å². The van der Waals surface area contributed by atoms with E-state index < -0.39 is 6.19 Å². The van der Waals surface area contributed by atoms with Crippen molar-refractivity contribution >= 4 is 50.7 Å². The molecule has 0 saturated heterocycles. The molecular weight excluding hydrogens is 385 g/mol. The lowest BCUT2D eigenvalue weighted by atomic mass is 10.2. The van der Waals surface area contributed by atoms with Gasteiger partial charge in [-0.1, -0.05) is 101 Å². The number of benzene rings is 3. The van der Waals surface area contributed by atoms with Crippen molar-refractivity contribution in [3.63, 3.8) is 0 Å². The van der Waals surface area contributed by atoms with E-state index in [-0.39, 0.29) is 0 Å². The molecule has 0 fully saturated rings. The summed E-state index contributed by atoms with van der Waals surface area (Å²) in [5.74, 6) is 0. The number of rotatable bonds is 4. The largest absolute Gasteiger partial charge is 0.251 e. The fourth-order valence-electron chi connectivity index (χ4n) is 2.24. The molecule has 3 aromatic rings. The number of hydrogen-bond acceptors (Lipinski definition) is 1. The van der Waals surface area contributed by atoms with Crippen molar-refractivity contribution in [1.29, 1.82) is 0 Å². The van der Waals surface area contributed by atoms with Gasteiger partial charge in [-0.3, -0.25) is 4.76 Å². The first-order chi connectivity index (χ1) is 11.2. The normalized spacial score (nSPS) is 11.7. The molecule has 0 amide bonds. The summed E-state index contributed by atoms with van der Waals surface area (Å²) in [5.41, 5.74) is 1.05. The van der Waals surface area contributed by atoms with Gasteiger partial charge in [-0.25, -0.2) is 0 Å². The number of halogens is 1. The van der Waals surface area contributed by atoms with E-state index in [0.717, 1.165) is 20.6 Å². The molecule has 3 rings (SSSR count). The van der Waals surface area contributed by atoms with Gasteiger partial charge in [-0.2, -0.15) is 0 Å². The van der Waals surface area contributed by atoms with Gasteiger partial charge < -0.3 is 0 Å². The minimum Gasteiger partial charge on any atom is -0.251 e. The average molecular weight is 400 g/mol. The van der Waals surface area contributed by atoms with Crippen molar-refractivity contribution in [2.75, 3.05) is 0 Å². The molecule has 0 atom stereocenters. The minimum atomic E-state index is -2.21. The van der Waals surface area contributed by atoms with Crippen LogP contribution >= 0.6 is 22.1 Å². The molecule has 0 N–H and O–H groups in total. The van der Waals surface area contributed by atoms with Crippen molar-refractivity contribution in [3.05, 3.63) is 95.0 Å². The van der Waals surface area contributed by atoms with Gasteiger partial charge in [0, 0.05) is 21.3 Å². The van der Waals surface area contributed by atoms with E-state index in [0.29, 0.717) is 0 Å². The van der Waals surface area contributed by atoms with Crippen LogP contribution in [0.15, 0.2) is 94.2 Å². The van der Waals surface area contributed by atoms with Crippen LogP contribution in [0.25, 0.3) is 0 Å². The lowest BCUT2D eigenvalue weighted by Crippen LogP contribution is -2.14. The van der Waals surface area contributed by atoms with Crippen LogP contribution in [-0.2, 0) is 11.8 Å². The smallest absolute Gasteiger partial charge is 0.112 e. The third-order valence-electron chi connectivity index (χ3n) is 3.45. The molecule has 4 heteroatoms.